The molecule has 2 atom stereocenters. The Kier molecular flexibility index (Phi) is 5.89. The SMILES string of the molecule is CC1CCC(N2Cc3cc(NC(=O)c4cccc(C(F)(F)F)n4)c(N4C[C@@H]5C[C@H]4CO5)cc3C2=O)CC1. The minimum Gasteiger partial charge on any atom is -0.374 e. The maximum absolute atomic E-state index is 13.5. The van der Waals surface area contributed by atoms with Crippen LogP contribution < -0.4 is 10.2 Å². The molecule has 1 aromatic carbocycles. The zero-order chi connectivity index (χ0) is 25.9. The van der Waals surface area contributed by atoms with Gasteiger partial charge in [0.25, 0.3) is 11.8 Å². The lowest BCUT2D eigenvalue weighted by molar-refractivity contribution is -0.141. The third kappa shape index (κ3) is 4.45. The maximum atomic E-state index is 13.5. The number of nitrogens with zero attached hydrogens (tertiary/aromatic N) is 3. The second-order valence-electron chi connectivity index (χ2n) is 10.7. The number of amides is 2. The number of anilines is 2. The average Bonchev–Trinajstić information content (AvgIpc) is 3.59. The number of fused-ring (bicyclic) bond motifs is 3. The molecule has 0 radical (unpaired) electrons. The van der Waals surface area contributed by atoms with Crippen LogP contribution in [-0.4, -0.2) is 53.0 Å². The van der Waals surface area contributed by atoms with Gasteiger partial charge in [0, 0.05) is 24.7 Å². The van der Waals surface area contributed by atoms with Gasteiger partial charge in [0.15, 0.2) is 0 Å². The zero-order valence-corrected chi connectivity index (χ0v) is 20.6. The molecule has 0 spiro atoms. The predicted molar refractivity (Wildman–Crippen MR) is 130 cm³/mol. The van der Waals surface area contributed by atoms with Crippen LogP contribution in [0, 0.1) is 5.92 Å². The monoisotopic (exact) mass is 514 g/mol. The van der Waals surface area contributed by atoms with Crippen molar-refractivity contribution in [1.29, 1.82) is 0 Å². The van der Waals surface area contributed by atoms with Crippen molar-refractivity contribution in [3.05, 3.63) is 52.8 Å². The van der Waals surface area contributed by atoms with Gasteiger partial charge in [0.2, 0.25) is 0 Å². The van der Waals surface area contributed by atoms with E-state index in [1.807, 2.05) is 17.0 Å². The van der Waals surface area contributed by atoms with Crippen LogP contribution in [0.4, 0.5) is 24.5 Å². The molecule has 10 heteroatoms. The number of morpholine rings is 1. The summed E-state index contributed by atoms with van der Waals surface area (Å²) in [6.45, 7) is 3.90. The lowest BCUT2D eigenvalue weighted by Gasteiger charge is -2.33. The third-order valence-corrected chi connectivity index (χ3v) is 8.21. The summed E-state index contributed by atoms with van der Waals surface area (Å²) in [6, 6.07) is 7.25. The molecule has 6 rings (SSSR count). The Balaban J connectivity index is 1.32. The molecule has 4 aliphatic rings. The maximum Gasteiger partial charge on any atom is 0.433 e. The fraction of sp³-hybridized carbons (Fsp3) is 0.519. The summed E-state index contributed by atoms with van der Waals surface area (Å²) in [4.78, 5) is 34.2. The molecule has 1 saturated carbocycles. The highest BCUT2D eigenvalue weighted by molar-refractivity contribution is 6.07. The molecule has 1 aliphatic carbocycles. The van der Waals surface area contributed by atoms with Crippen molar-refractivity contribution in [3.8, 4) is 0 Å². The number of ether oxygens (including phenoxy) is 1. The summed E-state index contributed by atoms with van der Waals surface area (Å²) < 4.78 is 45.2. The number of carbonyl (C=O) groups excluding carboxylic acids is 2. The Morgan fingerprint density at radius 1 is 1.11 bits per heavy atom. The van der Waals surface area contributed by atoms with Crippen molar-refractivity contribution in [1.82, 2.24) is 9.88 Å². The summed E-state index contributed by atoms with van der Waals surface area (Å²) in [5.74, 6) is -0.0498. The predicted octanol–water partition coefficient (Wildman–Crippen LogP) is 4.86. The van der Waals surface area contributed by atoms with Gasteiger partial charge in [-0.2, -0.15) is 13.2 Å². The van der Waals surface area contributed by atoms with Gasteiger partial charge in [-0.05, 0) is 67.9 Å². The number of hydrogen-bond acceptors (Lipinski definition) is 5. The fourth-order valence-electron chi connectivity index (χ4n) is 6.16. The molecule has 7 nitrogen and oxygen atoms in total. The van der Waals surface area contributed by atoms with Crippen LogP contribution in [0.1, 0.15) is 71.1 Å². The van der Waals surface area contributed by atoms with Gasteiger partial charge in [0.05, 0.1) is 30.1 Å². The molecule has 3 aliphatic heterocycles. The molecule has 2 bridgehead atoms. The summed E-state index contributed by atoms with van der Waals surface area (Å²) in [5, 5.41) is 2.81. The van der Waals surface area contributed by atoms with Crippen molar-refractivity contribution in [2.75, 3.05) is 23.4 Å². The van der Waals surface area contributed by atoms with Crippen molar-refractivity contribution in [2.45, 2.75) is 69.9 Å². The van der Waals surface area contributed by atoms with Crippen LogP contribution in [0.2, 0.25) is 0 Å². The lowest BCUT2D eigenvalue weighted by Crippen LogP contribution is -2.38. The van der Waals surface area contributed by atoms with Crippen LogP contribution >= 0.6 is 0 Å². The fourth-order valence-corrected chi connectivity index (χ4v) is 6.16. The first-order chi connectivity index (χ1) is 17.7. The van der Waals surface area contributed by atoms with Gasteiger partial charge >= 0.3 is 6.18 Å². The topological polar surface area (TPSA) is 74.8 Å². The molecule has 37 heavy (non-hydrogen) atoms. The number of carbonyl (C=O) groups is 2. The van der Waals surface area contributed by atoms with Crippen LogP contribution in [0.3, 0.4) is 0 Å². The lowest BCUT2D eigenvalue weighted by atomic mass is 9.86. The summed E-state index contributed by atoms with van der Waals surface area (Å²) in [7, 11) is 0. The highest BCUT2D eigenvalue weighted by Gasteiger charge is 2.42. The minimum absolute atomic E-state index is 0.00818. The third-order valence-electron chi connectivity index (χ3n) is 8.21. The second-order valence-corrected chi connectivity index (χ2v) is 10.7. The van der Waals surface area contributed by atoms with Crippen molar-refractivity contribution < 1.29 is 27.5 Å². The van der Waals surface area contributed by atoms with Gasteiger partial charge in [-0.3, -0.25) is 9.59 Å². The number of hydrogen-bond donors (Lipinski definition) is 1. The van der Waals surface area contributed by atoms with E-state index in [0.29, 0.717) is 42.6 Å². The number of aromatic nitrogens is 1. The van der Waals surface area contributed by atoms with Crippen LogP contribution in [0.5, 0.6) is 0 Å². The molecular formula is C27H29F3N4O3. The highest BCUT2D eigenvalue weighted by Crippen LogP contribution is 2.41. The van der Waals surface area contributed by atoms with Gasteiger partial charge in [-0.1, -0.05) is 13.0 Å². The number of alkyl halides is 3. The van der Waals surface area contributed by atoms with E-state index in [2.05, 4.69) is 22.1 Å². The molecular weight excluding hydrogens is 485 g/mol. The molecule has 4 heterocycles. The Hall–Kier alpha value is -3.14. The standard InChI is InChI=1S/C27H29F3N4O3/c1-15-5-7-17(8-6-15)34-12-16-9-22(32-25(35)21-3-2-4-24(31-21)27(28,29)30)23(11-20(16)26(34)36)33-13-19-10-18(33)14-37-19/h2-4,9,11,15,17-19H,5-8,10,12-14H2,1H3,(H,32,35)/t15?,17?,18-,19-/m0/s1. The van der Waals surface area contributed by atoms with Crippen LogP contribution in [0.15, 0.2) is 30.3 Å². The van der Waals surface area contributed by atoms with Crippen LogP contribution in [-0.2, 0) is 17.5 Å². The largest absolute Gasteiger partial charge is 0.433 e. The minimum atomic E-state index is -4.65. The molecule has 1 aromatic heterocycles. The van der Waals surface area contributed by atoms with E-state index >= 15 is 0 Å². The number of nitrogens with one attached hydrogen (secondary N) is 1. The van der Waals surface area contributed by atoms with Crippen molar-refractivity contribution in [2.24, 2.45) is 5.92 Å². The Morgan fingerprint density at radius 2 is 1.89 bits per heavy atom. The Morgan fingerprint density at radius 3 is 2.57 bits per heavy atom. The first-order valence-corrected chi connectivity index (χ1v) is 12.9. The summed E-state index contributed by atoms with van der Waals surface area (Å²) in [5.41, 5.74) is 1.19. The first-order valence-electron chi connectivity index (χ1n) is 12.9. The van der Waals surface area contributed by atoms with Gasteiger partial charge in [0.1, 0.15) is 11.4 Å². The van der Waals surface area contributed by atoms with E-state index in [0.717, 1.165) is 43.7 Å². The number of halogens is 3. The van der Waals surface area contributed by atoms with Gasteiger partial charge in [-0.15, -0.1) is 0 Å². The molecule has 0 unspecified atom stereocenters. The van der Waals surface area contributed by atoms with Crippen molar-refractivity contribution >= 4 is 23.2 Å². The number of benzene rings is 1. The van der Waals surface area contributed by atoms with E-state index < -0.39 is 17.8 Å². The summed E-state index contributed by atoms with van der Waals surface area (Å²) >= 11 is 0. The smallest absolute Gasteiger partial charge is 0.374 e. The van der Waals surface area contributed by atoms with Crippen LogP contribution in [0.25, 0.3) is 0 Å². The van der Waals surface area contributed by atoms with E-state index in [1.54, 1.807) is 0 Å². The van der Waals surface area contributed by atoms with Gasteiger partial charge in [-0.25, -0.2) is 4.98 Å². The number of pyridine rings is 1. The van der Waals surface area contributed by atoms with Crippen molar-refractivity contribution in [3.63, 3.8) is 0 Å². The zero-order valence-electron chi connectivity index (χ0n) is 20.6. The molecule has 2 amide bonds. The average molecular weight is 515 g/mol. The molecule has 1 N–H and O–H groups in total. The first kappa shape index (κ1) is 24.2. The number of rotatable bonds is 4. The Bertz CT molecular complexity index is 1240. The van der Waals surface area contributed by atoms with E-state index in [1.165, 1.54) is 12.1 Å². The van der Waals surface area contributed by atoms with E-state index in [-0.39, 0.29) is 29.8 Å². The summed E-state index contributed by atoms with van der Waals surface area (Å²) in [6.07, 6.45) is 0.446. The quantitative estimate of drug-likeness (QED) is 0.631. The molecule has 196 valence electrons. The van der Waals surface area contributed by atoms with Gasteiger partial charge < -0.3 is 19.9 Å². The molecule has 2 saturated heterocycles. The van der Waals surface area contributed by atoms with E-state index in [9.17, 15) is 22.8 Å². The van der Waals surface area contributed by atoms with E-state index in [4.69, 9.17) is 4.74 Å². The Labute approximate surface area is 213 Å². The second kappa shape index (κ2) is 9.01. The highest BCUT2D eigenvalue weighted by atomic mass is 19.4. The molecule has 2 aromatic rings. The molecule has 3 fully saturated rings. The normalized spacial score (nSPS) is 27.1.